The van der Waals surface area contributed by atoms with Crippen LogP contribution in [0.2, 0.25) is 0 Å². The van der Waals surface area contributed by atoms with Gasteiger partial charge in [-0.25, -0.2) is 4.79 Å². The number of benzene rings is 2. The molecule has 0 fully saturated rings. The van der Waals surface area contributed by atoms with Gasteiger partial charge in [-0.05, 0) is 50.1 Å². The van der Waals surface area contributed by atoms with Crippen LogP contribution in [-0.4, -0.2) is 17.5 Å². The molecule has 5 N–H and O–H groups in total. The number of nitrogens with two attached hydrogens (primary N) is 1. The van der Waals surface area contributed by atoms with E-state index in [2.05, 4.69) is 16.0 Å². The van der Waals surface area contributed by atoms with E-state index < -0.39 is 5.54 Å². The minimum absolute atomic E-state index is 0.165. The lowest BCUT2D eigenvalue weighted by molar-refractivity contribution is -0.126. The van der Waals surface area contributed by atoms with E-state index >= 15 is 0 Å². The molecule has 2 rings (SSSR count). The number of rotatable bonds is 7. The molecule has 0 aliphatic heterocycles. The number of hydrogen-bond acceptors (Lipinski definition) is 3. The molecule has 0 saturated carbocycles. The fraction of sp³-hybridized carbons (Fsp3) is 0.333. The summed E-state index contributed by atoms with van der Waals surface area (Å²) in [5.41, 5.74) is 7.52. The zero-order valence-corrected chi connectivity index (χ0v) is 16.1. The van der Waals surface area contributed by atoms with Gasteiger partial charge in [-0.3, -0.25) is 4.79 Å². The third-order valence-corrected chi connectivity index (χ3v) is 4.34. The van der Waals surface area contributed by atoms with Gasteiger partial charge in [0.1, 0.15) is 0 Å². The van der Waals surface area contributed by atoms with Gasteiger partial charge in [0, 0.05) is 11.4 Å². The fourth-order valence-electron chi connectivity index (χ4n) is 2.75. The zero-order chi connectivity index (χ0) is 19.9. The molecule has 0 spiro atoms. The molecule has 0 radical (unpaired) electrons. The summed E-state index contributed by atoms with van der Waals surface area (Å²) in [7, 11) is 0. The molecular weight excluding hydrogens is 340 g/mol. The van der Waals surface area contributed by atoms with Gasteiger partial charge in [-0.1, -0.05) is 43.7 Å². The van der Waals surface area contributed by atoms with Crippen LogP contribution < -0.4 is 21.7 Å². The van der Waals surface area contributed by atoms with Crippen LogP contribution in [0.5, 0.6) is 0 Å². The van der Waals surface area contributed by atoms with Gasteiger partial charge >= 0.3 is 6.03 Å². The second-order valence-electron chi connectivity index (χ2n) is 6.93. The van der Waals surface area contributed by atoms with Gasteiger partial charge in [0.2, 0.25) is 5.91 Å². The third-order valence-electron chi connectivity index (χ3n) is 4.34. The highest BCUT2D eigenvalue weighted by atomic mass is 16.2. The highest BCUT2D eigenvalue weighted by Gasteiger charge is 2.28. The normalized spacial score (nSPS) is 13.9. The molecule has 0 aromatic heterocycles. The Labute approximate surface area is 160 Å². The van der Waals surface area contributed by atoms with E-state index in [1.807, 2.05) is 56.3 Å². The average molecular weight is 368 g/mol. The minimum atomic E-state index is -0.875. The first-order valence-corrected chi connectivity index (χ1v) is 9.14. The molecule has 6 nitrogen and oxygen atoms in total. The van der Waals surface area contributed by atoms with E-state index in [0.29, 0.717) is 12.1 Å². The van der Waals surface area contributed by atoms with Crippen molar-refractivity contribution < 1.29 is 9.59 Å². The van der Waals surface area contributed by atoms with Crippen molar-refractivity contribution in [3.05, 3.63) is 60.2 Å². The summed E-state index contributed by atoms with van der Waals surface area (Å²) in [6.07, 6.45) is 1.48. The molecule has 3 amide bonds. The van der Waals surface area contributed by atoms with E-state index in [9.17, 15) is 9.59 Å². The van der Waals surface area contributed by atoms with Gasteiger partial charge in [-0.2, -0.15) is 0 Å². The molecule has 0 bridgehead atoms. The van der Waals surface area contributed by atoms with Gasteiger partial charge in [-0.15, -0.1) is 0 Å². The Morgan fingerprint density at radius 1 is 1.00 bits per heavy atom. The molecule has 2 aromatic carbocycles. The standard InChI is InChI=1S/C21H28N4O2/c1-4-14-21(3,22)19(26)23-15(2)16-10-12-18(13-11-16)25-20(27)24-17-8-6-5-7-9-17/h5-13,15H,4,14,22H2,1-3H3,(H,23,26)(H2,24,25,27). The van der Waals surface area contributed by atoms with Gasteiger partial charge in [0.15, 0.2) is 0 Å². The van der Waals surface area contributed by atoms with E-state index in [0.717, 1.165) is 17.7 Å². The highest BCUT2D eigenvalue weighted by Crippen LogP contribution is 2.18. The maximum Gasteiger partial charge on any atom is 0.323 e. The predicted octanol–water partition coefficient (Wildman–Crippen LogP) is 4.03. The summed E-state index contributed by atoms with van der Waals surface area (Å²) in [5.74, 6) is -0.165. The number of nitrogens with one attached hydrogen (secondary N) is 3. The van der Waals surface area contributed by atoms with Crippen molar-refractivity contribution in [3.8, 4) is 0 Å². The molecule has 144 valence electrons. The van der Waals surface area contributed by atoms with Crippen molar-refractivity contribution in [3.63, 3.8) is 0 Å². The number of para-hydroxylation sites is 1. The van der Waals surface area contributed by atoms with Crippen LogP contribution in [0.1, 0.15) is 45.2 Å². The summed E-state index contributed by atoms with van der Waals surface area (Å²) >= 11 is 0. The molecule has 0 saturated heterocycles. The van der Waals surface area contributed by atoms with Crippen LogP contribution >= 0.6 is 0 Å². The number of carbonyl (C=O) groups is 2. The Kier molecular flexibility index (Phi) is 6.96. The van der Waals surface area contributed by atoms with E-state index in [1.165, 1.54) is 0 Å². The van der Waals surface area contributed by atoms with Gasteiger partial charge in [0.25, 0.3) is 0 Å². The van der Waals surface area contributed by atoms with E-state index in [1.54, 1.807) is 19.1 Å². The monoisotopic (exact) mass is 368 g/mol. The first kappa shape index (κ1) is 20.5. The van der Waals surface area contributed by atoms with Crippen molar-refractivity contribution in [2.24, 2.45) is 5.73 Å². The number of urea groups is 1. The number of carbonyl (C=O) groups excluding carboxylic acids is 2. The second-order valence-corrected chi connectivity index (χ2v) is 6.93. The topological polar surface area (TPSA) is 96.2 Å². The van der Waals surface area contributed by atoms with Crippen LogP contribution in [0, 0.1) is 0 Å². The quantitative estimate of drug-likeness (QED) is 0.594. The van der Waals surface area contributed by atoms with Crippen LogP contribution in [0.25, 0.3) is 0 Å². The Morgan fingerprint density at radius 3 is 2.11 bits per heavy atom. The minimum Gasteiger partial charge on any atom is -0.348 e. The molecule has 27 heavy (non-hydrogen) atoms. The van der Waals surface area contributed by atoms with Crippen LogP contribution in [0.15, 0.2) is 54.6 Å². The molecule has 2 aromatic rings. The Balaban J connectivity index is 1.92. The van der Waals surface area contributed by atoms with Crippen LogP contribution in [0.4, 0.5) is 16.2 Å². The number of anilines is 2. The summed E-state index contributed by atoms with van der Waals surface area (Å²) in [5, 5.41) is 8.49. The summed E-state index contributed by atoms with van der Waals surface area (Å²) in [4.78, 5) is 24.3. The van der Waals surface area contributed by atoms with Crippen molar-refractivity contribution in [1.82, 2.24) is 5.32 Å². The first-order chi connectivity index (χ1) is 12.8. The largest absolute Gasteiger partial charge is 0.348 e. The summed E-state index contributed by atoms with van der Waals surface area (Å²) in [6, 6.07) is 16.1. The van der Waals surface area contributed by atoms with Gasteiger partial charge in [0.05, 0.1) is 11.6 Å². The van der Waals surface area contributed by atoms with Crippen molar-refractivity contribution >= 4 is 23.3 Å². The number of amides is 3. The third kappa shape index (κ3) is 6.11. The second kappa shape index (κ2) is 9.19. The Bertz CT molecular complexity index is 758. The molecule has 0 heterocycles. The lowest BCUT2D eigenvalue weighted by atomic mass is 9.95. The van der Waals surface area contributed by atoms with E-state index in [4.69, 9.17) is 5.73 Å². The molecule has 2 atom stereocenters. The highest BCUT2D eigenvalue weighted by molar-refractivity contribution is 5.99. The maximum absolute atomic E-state index is 12.3. The zero-order valence-electron chi connectivity index (χ0n) is 16.1. The predicted molar refractivity (Wildman–Crippen MR) is 110 cm³/mol. The molecule has 0 aliphatic rings. The summed E-state index contributed by atoms with van der Waals surface area (Å²) in [6.45, 7) is 5.66. The number of hydrogen-bond donors (Lipinski definition) is 4. The molecular formula is C21H28N4O2. The van der Waals surface area contributed by atoms with E-state index in [-0.39, 0.29) is 18.0 Å². The molecule has 2 unspecified atom stereocenters. The van der Waals surface area contributed by atoms with Crippen molar-refractivity contribution in [2.45, 2.75) is 45.2 Å². The molecule has 6 heteroatoms. The van der Waals surface area contributed by atoms with Crippen LogP contribution in [-0.2, 0) is 4.79 Å². The SMILES string of the molecule is CCCC(C)(N)C(=O)NC(C)c1ccc(NC(=O)Nc2ccccc2)cc1. The first-order valence-electron chi connectivity index (χ1n) is 9.14. The summed E-state index contributed by atoms with van der Waals surface area (Å²) < 4.78 is 0. The smallest absolute Gasteiger partial charge is 0.323 e. The van der Waals surface area contributed by atoms with Crippen LogP contribution in [0.3, 0.4) is 0 Å². The fourth-order valence-corrected chi connectivity index (χ4v) is 2.75. The maximum atomic E-state index is 12.3. The van der Waals surface area contributed by atoms with Crippen molar-refractivity contribution in [2.75, 3.05) is 10.6 Å². The van der Waals surface area contributed by atoms with Crippen molar-refractivity contribution in [1.29, 1.82) is 0 Å². The lowest BCUT2D eigenvalue weighted by Gasteiger charge is -2.25. The molecule has 0 aliphatic carbocycles. The average Bonchev–Trinajstić information content (AvgIpc) is 2.63. The lowest BCUT2D eigenvalue weighted by Crippen LogP contribution is -2.52. The Morgan fingerprint density at radius 2 is 1.56 bits per heavy atom. The Hall–Kier alpha value is -2.86. The van der Waals surface area contributed by atoms with Gasteiger partial charge < -0.3 is 21.7 Å².